The van der Waals surface area contributed by atoms with Crippen LogP contribution in [0.15, 0.2) is 14.0 Å². The number of rotatable bonds is 10. The average molecular weight is 1110 g/mol. The molecule has 0 aromatic rings. The van der Waals surface area contributed by atoms with Crippen LogP contribution in [0.5, 0.6) is 0 Å². The Morgan fingerprint density at radius 2 is 0.685 bits per heavy atom. The molecule has 2 atom stereocenters. The van der Waals surface area contributed by atoms with Gasteiger partial charge in [-0.1, -0.05) is 116 Å². The van der Waals surface area contributed by atoms with Crippen molar-refractivity contribution in [3.8, 4) is 0 Å². The van der Waals surface area contributed by atoms with Crippen LogP contribution >= 0.6 is 22.5 Å². The summed E-state index contributed by atoms with van der Waals surface area (Å²) in [7, 11) is -7.98. The summed E-state index contributed by atoms with van der Waals surface area (Å²) in [5, 5.41) is 17.3. The normalized spacial score (nSPS) is 30.6. The summed E-state index contributed by atoms with van der Waals surface area (Å²) in [6.07, 6.45) is 38.3. The van der Waals surface area contributed by atoms with E-state index in [1.807, 2.05) is 0 Å². The van der Waals surface area contributed by atoms with Gasteiger partial charge in [-0.3, -0.25) is 24.5 Å². The fourth-order valence-corrected chi connectivity index (χ4v) is 22.4. The van der Waals surface area contributed by atoms with Crippen molar-refractivity contribution < 1.29 is 49.6 Å². The standard InChI is InChI=1S/C36H70N9P3.4ClH.2Sb/c1-7-19-31(20-8-1)37-46(38-32-21-9-2-10-22-32)43-47(39-33-23-11-3-12-24-33,40-34-25-13-4-14-26-34)45-48(44-46,41-35-27-15-5-16-28-35)42-36-29-17-6-18-30-36;;;;;;/h31-39,41H,1-30H2;4*1H;;/q-2;;;;;2*+3/p-4. The van der Waals surface area contributed by atoms with Crippen LogP contribution in [0.4, 0.5) is 0 Å². The predicted octanol–water partition coefficient (Wildman–Crippen LogP) is 0.195. The first-order valence-corrected chi connectivity index (χ1v) is 26.1. The minimum atomic E-state index is -2.69. The summed E-state index contributed by atoms with van der Waals surface area (Å²) < 4.78 is 18.1. The number of nitrogens with zero attached hydrogens (tertiary/aromatic N) is 5. The summed E-state index contributed by atoms with van der Waals surface area (Å²) in [4.78, 5) is 12.2. The zero-order valence-electron chi connectivity index (χ0n) is 32.7. The van der Waals surface area contributed by atoms with E-state index >= 15 is 0 Å². The molecule has 9 nitrogen and oxygen atoms in total. The maximum Gasteiger partial charge on any atom is 3.00 e. The Balaban J connectivity index is 0.00000243. The zero-order chi connectivity index (χ0) is 32.5. The summed E-state index contributed by atoms with van der Waals surface area (Å²) in [6, 6.07) is 2.53. The molecule has 1 heterocycles. The topological polar surface area (TPSA) is 113 Å². The summed E-state index contributed by atoms with van der Waals surface area (Å²) in [5.74, 6) is 0. The summed E-state index contributed by atoms with van der Waals surface area (Å²) in [6.45, 7) is 0. The van der Waals surface area contributed by atoms with Crippen LogP contribution in [0, 0.1) is 0 Å². The van der Waals surface area contributed by atoms with Gasteiger partial charge in [-0.15, -0.1) is 0 Å². The van der Waals surface area contributed by atoms with Crippen molar-refractivity contribution in [2.45, 2.75) is 229 Å². The molecule has 54 heavy (non-hydrogen) atoms. The van der Waals surface area contributed by atoms with Gasteiger partial charge in [0.15, 0.2) is 0 Å². The fraction of sp³-hybridized carbons (Fsp3) is 1.00. The summed E-state index contributed by atoms with van der Waals surface area (Å²) in [5.41, 5.74) is 0. The fourth-order valence-electron chi connectivity index (χ4n) is 9.77. The second-order valence-corrected chi connectivity index (χ2v) is 23.8. The predicted molar refractivity (Wildman–Crippen MR) is 220 cm³/mol. The molecular formula is C36H70Cl4N9P3Sb2. The molecule has 18 heteroatoms. The molecule has 4 N–H and O–H groups in total. The third kappa shape index (κ3) is 16.5. The Kier molecular flexibility index (Phi) is 28.7. The SMILES string of the molecule is C1CCC(N=P2(NC3CCCCC3)N=P(NC3CCCCC3)(NC3CCCCC3)[N-]P(=NC3CCCCC3)(NC3CCCCC3)[N-]2)CC1.[Cl-].[Cl-].[Cl-].[Cl-].[Sb+3].[Sb+3]. The molecular weight excluding hydrogens is 1040 g/mol. The molecule has 0 aromatic heterocycles. The average Bonchev–Trinajstić information content (AvgIpc) is 3.10. The molecule has 4 radical (unpaired) electrons. The van der Waals surface area contributed by atoms with E-state index in [0.29, 0.717) is 36.3 Å². The van der Waals surface area contributed by atoms with Crippen LogP contribution in [0.1, 0.15) is 193 Å². The molecule has 1 aliphatic heterocycles. The molecule has 6 aliphatic carbocycles. The molecule has 0 amide bonds. The number of hydrogen-bond donors (Lipinski definition) is 4. The van der Waals surface area contributed by atoms with Gasteiger partial charge in [0, 0.05) is 45.2 Å². The zero-order valence-corrected chi connectivity index (χ0v) is 43.5. The van der Waals surface area contributed by atoms with Crippen molar-refractivity contribution in [2.24, 2.45) is 14.0 Å². The number of hydrogen-bond acceptors (Lipinski definition) is 4. The molecule has 0 bridgehead atoms. The van der Waals surface area contributed by atoms with Gasteiger partial charge in [0.1, 0.15) is 0 Å². The molecule has 6 fully saturated rings. The van der Waals surface area contributed by atoms with E-state index in [0.717, 1.165) is 0 Å². The molecule has 0 spiro atoms. The minimum Gasteiger partial charge on any atom is -1.00 e. The van der Waals surface area contributed by atoms with Gasteiger partial charge in [-0.25, -0.2) is 0 Å². The molecule has 312 valence electrons. The second-order valence-electron chi connectivity index (χ2n) is 16.7. The van der Waals surface area contributed by atoms with Gasteiger partial charge in [0.25, 0.3) is 0 Å². The Morgan fingerprint density at radius 3 is 1.07 bits per heavy atom. The molecule has 7 aliphatic rings. The number of halogens is 4. The first-order chi connectivity index (χ1) is 23.6. The van der Waals surface area contributed by atoms with E-state index in [9.17, 15) is 0 Å². The van der Waals surface area contributed by atoms with Crippen LogP contribution in [-0.2, 0) is 0 Å². The van der Waals surface area contributed by atoms with Crippen molar-refractivity contribution in [1.29, 1.82) is 0 Å². The Hall–Kier alpha value is 3.25. The third-order valence-corrected chi connectivity index (χ3v) is 22.6. The van der Waals surface area contributed by atoms with E-state index in [4.69, 9.17) is 23.7 Å². The second kappa shape index (κ2) is 28.0. The van der Waals surface area contributed by atoms with Gasteiger partial charge >= 0.3 is 48.9 Å². The first-order valence-electron chi connectivity index (χ1n) is 21.1. The van der Waals surface area contributed by atoms with Gasteiger partial charge in [0.05, 0.1) is 6.04 Å². The number of nitrogens with one attached hydrogen (secondary N) is 4. The Labute approximate surface area is 390 Å². The van der Waals surface area contributed by atoms with Crippen LogP contribution in [0.25, 0.3) is 9.72 Å². The molecule has 7 rings (SSSR count). The van der Waals surface area contributed by atoms with E-state index in [-0.39, 0.29) is 98.5 Å². The van der Waals surface area contributed by atoms with Crippen LogP contribution in [0.3, 0.4) is 0 Å². The monoisotopic (exact) mass is 1100 g/mol. The van der Waals surface area contributed by atoms with Gasteiger partial charge < -0.3 is 69.2 Å². The van der Waals surface area contributed by atoms with Crippen LogP contribution < -0.4 is 70.0 Å². The van der Waals surface area contributed by atoms with Crippen molar-refractivity contribution >= 4 is 71.4 Å². The minimum absolute atomic E-state index is 0. The first kappa shape index (κ1) is 55.3. The smallest absolute Gasteiger partial charge is 1.00 e. The van der Waals surface area contributed by atoms with Crippen molar-refractivity contribution in [3.05, 3.63) is 9.72 Å². The largest absolute Gasteiger partial charge is 3.00 e. The van der Waals surface area contributed by atoms with E-state index < -0.39 is 22.5 Å². The molecule has 2 unspecified atom stereocenters. The Morgan fingerprint density at radius 1 is 0.370 bits per heavy atom. The van der Waals surface area contributed by atoms with Crippen LogP contribution in [0.2, 0.25) is 0 Å². The van der Waals surface area contributed by atoms with Crippen molar-refractivity contribution in [2.75, 3.05) is 0 Å². The van der Waals surface area contributed by atoms with Gasteiger partial charge in [-0.2, -0.15) is 7.51 Å². The van der Waals surface area contributed by atoms with Gasteiger partial charge in [0.2, 0.25) is 0 Å². The van der Waals surface area contributed by atoms with Crippen molar-refractivity contribution in [1.82, 2.24) is 20.3 Å². The molecule has 6 saturated carbocycles. The third-order valence-electron chi connectivity index (χ3n) is 12.4. The molecule has 0 saturated heterocycles. The summed E-state index contributed by atoms with van der Waals surface area (Å²) >= 11 is 0. The van der Waals surface area contributed by atoms with E-state index in [1.165, 1.54) is 193 Å². The molecule has 0 aromatic carbocycles. The van der Waals surface area contributed by atoms with Crippen LogP contribution in [-0.4, -0.2) is 85.1 Å². The maximum absolute atomic E-state index is 6.12. The van der Waals surface area contributed by atoms with E-state index in [2.05, 4.69) is 20.3 Å². The van der Waals surface area contributed by atoms with Crippen molar-refractivity contribution in [3.63, 3.8) is 0 Å². The van der Waals surface area contributed by atoms with E-state index in [1.54, 1.807) is 0 Å². The Bertz CT molecular complexity index is 1170. The maximum atomic E-state index is 6.12. The quantitative estimate of drug-likeness (QED) is 0.185. The van der Waals surface area contributed by atoms with Gasteiger partial charge in [-0.05, 0) is 77.0 Å².